The molecule has 0 spiro atoms. The molecule has 0 bridgehead atoms. The Balaban J connectivity index is 2.42. The topological polar surface area (TPSA) is 62.2 Å². The first-order valence-electron chi connectivity index (χ1n) is 4.88. The van der Waals surface area contributed by atoms with Gasteiger partial charge in [0.25, 0.3) is 0 Å². The van der Waals surface area contributed by atoms with Crippen molar-refractivity contribution in [3.05, 3.63) is 47.5 Å². The lowest BCUT2D eigenvalue weighted by molar-refractivity contribution is 0.209. The summed E-state index contributed by atoms with van der Waals surface area (Å²) >= 11 is 5.91. The van der Waals surface area contributed by atoms with E-state index in [0.717, 1.165) is 5.56 Å². The molecule has 1 aromatic heterocycles. The van der Waals surface area contributed by atoms with Crippen LogP contribution in [0.4, 0.5) is 10.6 Å². The van der Waals surface area contributed by atoms with E-state index in [-0.39, 0.29) is 5.82 Å². The van der Waals surface area contributed by atoms with Crippen molar-refractivity contribution in [2.45, 2.75) is 0 Å². The second kappa shape index (κ2) is 4.84. The van der Waals surface area contributed by atoms with Gasteiger partial charge in [-0.2, -0.15) is 0 Å². The zero-order valence-electron chi connectivity index (χ0n) is 8.72. The standard InChI is InChI=1S/C12H9ClN2O2/c13-9-6-10(8-4-2-1-3-5-8)14-11(7-9)15-12(16)17/h1-7H,(H,14,15)(H,16,17). The normalized spacial score (nSPS) is 9.94. The monoisotopic (exact) mass is 248 g/mol. The van der Waals surface area contributed by atoms with Gasteiger partial charge in [0.05, 0.1) is 5.69 Å². The molecule has 86 valence electrons. The van der Waals surface area contributed by atoms with E-state index in [2.05, 4.69) is 10.3 Å². The van der Waals surface area contributed by atoms with Crippen molar-refractivity contribution < 1.29 is 9.90 Å². The van der Waals surface area contributed by atoms with Crippen molar-refractivity contribution in [3.8, 4) is 11.3 Å². The molecule has 0 unspecified atom stereocenters. The highest BCUT2D eigenvalue weighted by molar-refractivity contribution is 6.31. The van der Waals surface area contributed by atoms with E-state index in [1.807, 2.05) is 30.3 Å². The summed E-state index contributed by atoms with van der Waals surface area (Å²) in [5, 5.41) is 11.2. The summed E-state index contributed by atoms with van der Waals surface area (Å²) in [5.41, 5.74) is 1.50. The van der Waals surface area contributed by atoms with Crippen molar-refractivity contribution in [3.63, 3.8) is 0 Å². The molecule has 2 aromatic rings. The van der Waals surface area contributed by atoms with Gasteiger partial charge in [-0.1, -0.05) is 41.9 Å². The minimum Gasteiger partial charge on any atom is -0.465 e. The molecule has 2 rings (SSSR count). The van der Waals surface area contributed by atoms with E-state index in [1.54, 1.807) is 6.07 Å². The second-order valence-corrected chi connectivity index (χ2v) is 3.79. The molecule has 0 aliphatic heterocycles. The third-order valence-electron chi connectivity index (χ3n) is 2.09. The number of hydrogen-bond acceptors (Lipinski definition) is 2. The number of aromatic nitrogens is 1. The van der Waals surface area contributed by atoms with Gasteiger partial charge < -0.3 is 5.11 Å². The third kappa shape index (κ3) is 2.95. The van der Waals surface area contributed by atoms with Gasteiger partial charge >= 0.3 is 6.09 Å². The number of carboxylic acid groups (broad SMARTS) is 1. The van der Waals surface area contributed by atoms with Gasteiger partial charge in [0, 0.05) is 10.6 Å². The van der Waals surface area contributed by atoms with Gasteiger partial charge in [0.1, 0.15) is 5.82 Å². The molecule has 2 N–H and O–H groups in total. The molecule has 4 nitrogen and oxygen atoms in total. The van der Waals surface area contributed by atoms with Crippen molar-refractivity contribution in [2.75, 3.05) is 5.32 Å². The zero-order valence-corrected chi connectivity index (χ0v) is 9.48. The Morgan fingerprint density at radius 2 is 1.94 bits per heavy atom. The summed E-state index contributed by atoms with van der Waals surface area (Å²) in [5.74, 6) is 0.212. The summed E-state index contributed by atoms with van der Waals surface area (Å²) in [6.45, 7) is 0. The maximum absolute atomic E-state index is 10.5. The summed E-state index contributed by atoms with van der Waals surface area (Å²) in [6.07, 6.45) is -1.17. The highest BCUT2D eigenvalue weighted by atomic mass is 35.5. The molecule has 1 aromatic carbocycles. The number of carbonyl (C=O) groups is 1. The highest BCUT2D eigenvalue weighted by Gasteiger charge is 2.05. The zero-order chi connectivity index (χ0) is 12.3. The summed E-state index contributed by atoms with van der Waals surface area (Å²) in [4.78, 5) is 14.7. The molecule has 1 heterocycles. The van der Waals surface area contributed by atoms with Crippen LogP contribution in [-0.4, -0.2) is 16.2 Å². The summed E-state index contributed by atoms with van der Waals surface area (Å²) in [7, 11) is 0. The van der Waals surface area contributed by atoms with Gasteiger partial charge in [-0.05, 0) is 12.1 Å². The third-order valence-corrected chi connectivity index (χ3v) is 2.31. The Labute approximate surface area is 103 Å². The number of rotatable bonds is 2. The lowest BCUT2D eigenvalue weighted by atomic mass is 10.1. The van der Waals surface area contributed by atoms with Crippen LogP contribution in [0.3, 0.4) is 0 Å². The molecule has 0 radical (unpaired) electrons. The number of halogens is 1. The molecule has 0 aliphatic carbocycles. The maximum Gasteiger partial charge on any atom is 0.410 e. The lowest BCUT2D eigenvalue weighted by Gasteiger charge is -2.05. The maximum atomic E-state index is 10.5. The van der Waals surface area contributed by atoms with Crippen molar-refractivity contribution in [1.29, 1.82) is 0 Å². The Hall–Kier alpha value is -2.07. The molecule has 17 heavy (non-hydrogen) atoms. The fourth-order valence-corrected chi connectivity index (χ4v) is 1.63. The van der Waals surface area contributed by atoms with E-state index < -0.39 is 6.09 Å². The minimum atomic E-state index is -1.17. The smallest absolute Gasteiger partial charge is 0.410 e. The number of benzene rings is 1. The summed E-state index contributed by atoms with van der Waals surface area (Å²) in [6, 6.07) is 12.5. The van der Waals surface area contributed by atoms with Crippen LogP contribution in [-0.2, 0) is 0 Å². The van der Waals surface area contributed by atoms with Crippen LogP contribution in [0, 0.1) is 0 Å². The average molecular weight is 249 g/mol. The van der Waals surface area contributed by atoms with Gasteiger partial charge in [-0.25, -0.2) is 9.78 Å². The number of nitrogens with zero attached hydrogens (tertiary/aromatic N) is 1. The first-order valence-corrected chi connectivity index (χ1v) is 5.26. The Bertz CT molecular complexity index is 543. The first-order chi connectivity index (χ1) is 8.15. The Kier molecular flexibility index (Phi) is 3.25. The number of pyridine rings is 1. The van der Waals surface area contributed by atoms with Crippen LogP contribution in [0.1, 0.15) is 0 Å². The average Bonchev–Trinajstić information content (AvgIpc) is 2.28. The number of amides is 1. The molecular formula is C12H9ClN2O2. The van der Waals surface area contributed by atoms with Crippen LogP contribution in [0.2, 0.25) is 5.02 Å². The molecular weight excluding hydrogens is 240 g/mol. The second-order valence-electron chi connectivity index (χ2n) is 3.35. The van der Waals surface area contributed by atoms with Crippen molar-refractivity contribution in [2.24, 2.45) is 0 Å². The minimum absolute atomic E-state index is 0.212. The quantitative estimate of drug-likeness (QED) is 0.855. The fraction of sp³-hybridized carbons (Fsp3) is 0. The van der Waals surface area contributed by atoms with Crippen LogP contribution in [0.25, 0.3) is 11.3 Å². The van der Waals surface area contributed by atoms with E-state index in [0.29, 0.717) is 10.7 Å². The SMILES string of the molecule is O=C(O)Nc1cc(Cl)cc(-c2ccccc2)n1. The van der Waals surface area contributed by atoms with Crippen LogP contribution >= 0.6 is 11.6 Å². The van der Waals surface area contributed by atoms with E-state index in [4.69, 9.17) is 16.7 Å². The van der Waals surface area contributed by atoms with E-state index in [9.17, 15) is 4.79 Å². The molecule has 1 amide bonds. The summed E-state index contributed by atoms with van der Waals surface area (Å²) < 4.78 is 0. The Morgan fingerprint density at radius 1 is 1.24 bits per heavy atom. The molecule has 0 atom stereocenters. The van der Waals surface area contributed by atoms with Crippen molar-refractivity contribution in [1.82, 2.24) is 4.98 Å². The Morgan fingerprint density at radius 3 is 2.59 bits per heavy atom. The van der Waals surface area contributed by atoms with Crippen LogP contribution in [0.15, 0.2) is 42.5 Å². The number of nitrogens with one attached hydrogen (secondary N) is 1. The van der Waals surface area contributed by atoms with E-state index >= 15 is 0 Å². The fourth-order valence-electron chi connectivity index (χ4n) is 1.43. The van der Waals surface area contributed by atoms with Crippen LogP contribution < -0.4 is 5.32 Å². The number of anilines is 1. The van der Waals surface area contributed by atoms with Crippen LogP contribution in [0.5, 0.6) is 0 Å². The van der Waals surface area contributed by atoms with Crippen molar-refractivity contribution >= 4 is 23.5 Å². The van der Waals surface area contributed by atoms with Gasteiger partial charge in [0.15, 0.2) is 0 Å². The largest absolute Gasteiger partial charge is 0.465 e. The lowest BCUT2D eigenvalue weighted by Crippen LogP contribution is -2.08. The van der Waals surface area contributed by atoms with Gasteiger partial charge in [-0.3, -0.25) is 5.32 Å². The molecule has 0 saturated heterocycles. The molecule has 0 saturated carbocycles. The highest BCUT2D eigenvalue weighted by Crippen LogP contribution is 2.23. The molecule has 0 fully saturated rings. The number of hydrogen-bond donors (Lipinski definition) is 2. The molecule has 0 aliphatic rings. The molecule has 5 heteroatoms. The van der Waals surface area contributed by atoms with E-state index in [1.165, 1.54) is 6.07 Å². The van der Waals surface area contributed by atoms with Gasteiger partial charge in [0.2, 0.25) is 0 Å². The first kappa shape index (κ1) is 11.4. The predicted octanol–water partition coefficient (Wildman–Crippen LogP) is 3.49. The predicted molar refractivity (Wildman–Crippen MR) is 66.3 cm³/mol. The van der Waals surface area contributed by atoms with Gasteiger partial charge in [-0.15, -0.1) is 0 Å².